The normalized spacial score (nSPS) is 14.0. The summed E-state index contributed by atoms with van der Waals surface area (Å²) in [5, 5.41) is 40.5. The van der Waals surface area contributed by atoms with Crippen LogP contribution in [0.2, 0.25) is 0 Å². The summed E-state index contributed by atoms with van der Waals surface area (Å²) in [6.07, 6.45) is 8.41. The van der Waals surface area contributed by atoms with E-state index in [1.807, 2.05) is 18.2 Å². The molecule has 0 fully saturated rings. The van der Waals surface area contributed by atoms with Crippen molar-refractivity contribution in [2.45, 2.75) is 34.1 Å². The van der Waals surface area contributed by atoms with Crippen LogP contribution in [-0.4, -0.2) is 51.6 Å². The maximum absolute atomic E-state index is 8.30. The molecule has 0 atom stereocenters. The smallest absolute Gasteiger partial charge is 0.687 e. The van der Waals surface area contributed by atoms with Crippen LogP contribution in [0.5, 0.6) is 0 Å². The molecule has 3 N–H and O–H groups in total. The van der Waals surface area contributed by atoms with Crippen LogP contribution < -0.4 is 0 Å². The summed E-state index contributed by atoms with van der Waals surface area (Å²) < 4.78 is 0. The predicted octanol–water partition coefficient (Wildman–Crippen LogP) is 3.58. The Morgan fingerprint density at radius 2 is 1.46 bits per heavy atom. The first-order chi connectivity index (χ1) is 11.9. The van der Waals surface area contributed by atoms with Crippen molar-refractivity contribution >= 4 is 22.8 Å². The molecule has 0 amide bonds. The quantitative estimate of drug-likeness (QED) is 0.209. The van der Waals surface area contributed by atoms with E-state index in [-0.39, 0.29) is 16.8 Å². The molecule has 0 radical (unpaired) electrons. The molecule has 148 valence electrons. The molecular weight excluding hydrogens is 385 g/mol. The van der Waals surface area contributed by atoms with Gasteiger partial charge in [-0.25, -0.2) is 0 Å². The van der Waals surface area contributed by atoms with Gasteiger partial charge >= 0.3 is 16.8 Å². The Hall–Kier alpha value is -2.33. The third-order valence-corrected chi connectivity index (χ3v) is 2.58. The first-order valence-corrected chi connectivity index (χ1v) is 7.45. The van der Waals surface area contributed by atoms with E-state index in [4.69, 9.17) is 20.5 Å². The second-order valence-corrected chi connectivity index (χ2v) is 4.55. The number of allylic oxidation sites excluding steroid dienone is 2. The molecule has 26 heavy (non-hydrogen) atoms. The molecule has 0 aromatic heterocycles. The molecule has 0 bridgehead atoms. The van der Waals surface area contributed by atoms with Crippen LogP contribution in [0.4, 0.5) is 0 Å². The Morgan fingerprint density at radius 3 is 1.73 bits per heavy atom. The van der Waals surface area contributed by atoms with E-state index in [0.717, 1.165) is 6.54 Å². The van der Waals surface area contributed by atoms with E-state index in [1.54, 1.807) is 20.0 Å². The van der Waals surface area contributed by atoms with Crippen molar-refractivity contribution in [2.24, 2.45) is 20.6 Å². The van der Waals surface area contributed by atoms with Crippen LogP contribution in [0.15, 0.2) is 45.1 Å². The fraction of sp³-hybridized carbons (Fsp3) is 0.438. The predicted molar refractivity (Wildman–Crippen MR) is 100 cm³/mol. The zero-order valence-electron chi connectivity index (χ0n) is 15.5. The molecule has 0 spiro atoms. The van der Waals surface area contributed by atoms with Gasteiger partial charge in [0, 0.05) is 0 Å². The Balaban J connectivity index is -0.000000312. The molecule has 0 aliphatic carbocycles. The zero-order chi connectivity index (χ0) is 19.5. The summed E-state index contributed by atoms with van der Waals surface area (Å²) in [4.78, 5) is 4.80. The Morgan fingerprint density at radius 1 is 0.962 bits per heavy atom. The van der Waals surface area contributed by atoms with Gasteiger partial charge in [0.2, 0.25) is 0 Å². The van der Waals surface area contributed by atoms with Gasteiger partial charge in [-0.2, -0.15) is 6.20 Å². The minimum absolute atomic E-state index is 0. The second-order valence-electron chi connectivity index (χ2n) is 4.55. The second kappa shape index (κ2) is 20.7. The van der Waals surface area contributed by atoms with Gasteiger partial charge in [-0.05, 0) is 27.7 Å². The van der Waals surface area contributed by atoms with Gasteiger partial charge < -0.3 is 32.7 Å². The molecule has 1 rings (SSSR count). The van der Waals surface area contributed by atoms with Crippen molar-refractivity contribution in [3.63, 3.8) is 0 Å². The summed E-state index contributed by atoms with van der Waals surface area (Å²) in [5.74, 6) is 0. The van der Waals surface area contributed by atoms with E-state index in [1.165, 1.54) is 13.8 Å². The minimum atomic E-state index is 0. The fourth-order valence-electron chi connectivity index (χ4n) is 0.862. The molecule has 1 heterocycles. The van der Waals surface area contributed by atoms with E-state index >= 15 is 0 Å². The Labute approximate surface area is 165 Å². The van der Waals surface area contributed by atoms with Crippen molar-refractivity contribution in [3.05, 3.63) is 36.7 Å². The molecule has 0 aromatic carbocycles. The number of nitrogens with zero attached hydrogens (tertiary/aromatic N) is 5. The largest absolute Gasteiger partial charge is 3.00 e. The molecule has 9 nitrogen and oxygen atoms in total. The van der Waals surface area contributed by atoms with Crippen LogP contribution >= 0.6 is 0 Å². The van der Waals surface area contributed by atoms with Crippen molar-refractivity contribution in [1.82, 2.24) is 0 Å². The van der Waals surface area contributed by atoms with Crippen LogP contribution in [0.1, 0.15) is 34.1 Å². The maximum atomic E-state index is 8.30. The molecule has 0 aromatic rings. The van der Waals surface area contributed by atoms with Crippen molar-refractivity contribution in [2.75, 3.05) is 13.2 Å². The van der Waals surface area contributed by atoms with Gasteiger partial charge in [-0.15, -0.1) is 19.0 Å². The molecule has 0 unspecified atom stereocenters. The van der Waals surface area contributed by atoms with E-state index in [9.17, 15) is 0 Å². The van der Waals surface area contributed by atoms with Gasteiger partial charge in [-0.3, -0.25) is 0 Å². The third-order valence-electron chi connectivity index (χ3n) is 2.58. The first-order valence-electron chi connectivity index (χ1n) is 7.45. The molecule has 1 aliphatic heterocycles. The number of hydrogen-bond donors (Lipinski definition) is 3. The van der Waals surface area contributed by atoms with Gasteiger partial charge in [0.25, 0.3) is 0 Å². The van der Waals surface area contributed by atoms with Gasteiger partial charge in [0.05, 0.1) is 6.61 Å². The third kappa shape index (κ3) is 18.0. The summed E-state index contributed by atoms with van der Waals surface area (Å²) >= 11 is 0. The molecular formula is C16H27CoN5O4+. The topological polar surface area (TPSA) is 133 Å². The summed E-state index contributed by atoms with van der Waals surface area (Å²) in [5.41, 5.74) is 1.65. The van der Waals surface area contributed by atoms with Gasteiger partial charge in [0.15, 0.2) is 0 Å². The SMILES string of the molecule is C1=CC[N-]C=C1.CC(=N\O)/C(C)=N/O.[CH2-]CCO/N=C(C)/C(C)=N/O.[Co+3]. The van der Waals surface area contributed by atoms with Gasteiger partial charge in [-0.1, -0.05) is 32.8 Å². The van der Waals surface area contributed by atoms with Crippen molar-refractivity contribution in [3.8, 4) is 0 Å². The molecule has 0 saturated heterocycles. The molecule has 1 aliphatic rings. The standard InChI is InChI=1S/C7H13N2O2.C5H6N.C4H8N2O2.Co/c1-4-5-11-9-7(3)6(2)8-10;1-2-4-6-5-3-1;1-3(5-7)4(2)6-8;/h10H,1,4-5H2,2-3H3;1-4H,5H2;7-8H,1-2H3;/q2*-1;;+3/b8-6+,9-7+;;5-3+,6-4+;. The monoisotopic (exact) mass is 412 g/mol. The number of hydrogen-bond acceptors (Lipinski definition) is 8. The van der Waals surface area contributed by atoms with Crippen molar-refractivity contribution in [1.29, 1.82) is 0 Å². The van der Waals surface area contributed by atoms with Crippen LogP contribution in [0, 0.1) is 6.92 Å². The van der Waals surface area contributed by atoms with Crippen LogP contribution in [-0.2, 0) is 21.6 Å². The van der Waals surface area contributed by atoms with Gasteiger partial charge in [0.1, 0.15) is 22.8 Å². The molecule has 10 heteroatoms. The summed E-state index contributed by atoms with van der Waals surface area (Å²) in [6, 6.07) is 0. The van der Waals surface area contributed by atoms with Crippen molar-refractivity contribution < 1.29 is 37.2 Å². The zero-order valence-corrected chi connectivity index (χ0v) is 16.5. The fourth-order valence-corrected chi connectivity index (χ4v) is 0.862. The minimum Gasteiger partial charge on any atom is -0.687 e. The van der Waals surface area contributed by atoms with E-state index < -0.39 is 0 Å². The Kier molecular flexibility index (Phi) is 22.7. The average molecular weight is 412 g/mol. The number of oxime groups is 4. The Bertz CT molecular complexity index is 501. The average Bonchev–Trinajstić information content (AvgIpc) is 2.68. The molecule has 0 saturated carbocycles. The van der Waals surface area contributed by atoms with Crippen LogP contribution in [0.3, 0.4) is 0 Å². The summed E-state index contributed by atoms with van der Waals surface area (Å²) in [6.45, 7) is 11.3. The first kappa shape index (κ1) is 28.5. The van der Waals surface area contributed by atoms with E-state index in [2.05, 4.69) is 32.9 Å². The maximum Gasteiger partial charge on any atom is 3.00 e. The van der Waals surface area contributed by atoms with E-state index in [0.29, 0.717) is 35.9 Å². The summed E-state index contributed by atoms with van der Waals surface area (Å²) in [7, 11) is 0. The number of rotatable bonds is 5. The van der Waals surface area contributed by atoms with Crippen LogP contribution in [0.25, 0.3) is 5.32 Å².